The summed E-state index contributed by atoms with van der Waals surface area (Å²) in [7, 11) is 0. The van der Waals surface area contributed by atoms with Crippen molar-refractivity contribution in [3.63, 3.8) is 0 Å². The van der Waals surface area contributed by atoms with E-state index in [0.717, 1.165) is 5.56 Å². The van der Waals surface area contributed by atoms with Crippen LogP contribution in [0.5, 0.6) is 0 Å². The standard InChI is InChI=1S/C10H5ClN2O/c11-8-3-1-7(2-4-8)10-9(5-12)13-6-14-10/h1-4,6H. The summed E-state index contributed by atoms with van der Waals surface area (Å²) in [5.41, 5.74) is 1.08. The van der Waals surface area contributed by atoms with Gasteiger partial charge in [0.25, 0.3) is 0 Å². The monoisotopic (exact) mass is 204 g/mol. The zero-order chi connectivity index (χ0) is 9.97. The Morgan fingerprint density at radius 3 is 2.64 bits per heavy atom. The van der Waals surface area contributed by atoms with E-state index in [9.17, 15) is 0 Å². The van der Waals surface area contributed by atoms with Crippen molar-refractivity contribution in [3.05, 3.63) is 41.4 Å². The molecule has 0 aliphatic rings. The molecule has 2 rings (SSSR count). The van der Waals surface area contributed by atoms with Crippen LogP contribution >= 0.6 is 11.6 Å². The van der Waals surface area contributed by atoms with E-state index in [1.807, 2.05) is 6.07 Å². The summed E-state index contributed by atoms with van der Waals surface area (Å²) >= 11 is 5.74. The first kappa shape index (κ1) is 8.79. The normalized spacial score (nSPS) is 9.71. The van der Waals surface area contributed by atoms with E-state index in [2.05, 4.69) is 4.98 Å². The van der Waals surface area contributed by atoms with Gasteiger partial charge in [-0.25, -0.2) is 4.98 Å². The Morgan fingerprint density at radius 2 is 2.00 bits per heavy atom. The highest BCUT2D eigenvalue weighted by Gasteiger charge is 2.09. The van der Waals surface area contributed by atoms with Gasteiger partial charge in [-0.15, -0.1) is 0 Å². The first-order valence-electron chi connectivity index (χ1n) is 3.91. The third-order valence-electron chi connectivity index (χ3n) is 1.78. The summed E-state index contributed by atoms with van der Waals surface area (Å²) in [6.07, 6.45) is 1.25. The predicted molar refractivity (Wildman–Crippen MR) is 51.7 cm³/mol. The zero-order valence-electron chi connectivity index (χ0n) is 7.07. The molecule has 1 aromatic heterocycles. The van der Waals surface area contributed by atoms with Gasteiger partial charge in [-0.3, -0.25) is 0 Å². The molecule has 0 amide bonds. The Labute approximate surface area is 85.6 Å². The Hall–Kier alpha value is -1.79. The SMILES string of the molecule is N#Cc1ncoc1-c1ccc(Cl)cc1. The summed E-state index contributed by atoms with van der Waals surface area (Å²) in [5.74, 6) is 0.476. The van der Waals surface area contributed by atoms with Crippen molar-refractivity contribution < 1.29 is 4.42 Å². The van der Waals surface area contributed by atoms with Gasteiger partial charge >= 0.3 is 0 Å². The molecule has 4 heteroatoms. The minimum Gasteiger partial charge on any atom is -0.442 e. The molecule has 0 N–H and O–H groups in total. The lowest BCUT2D eigenvalue weighted by Gasteiger charge is -1.95. The summed E-state index contributed by atoms with van der Waals surface area (Å²) in [5, 5.41) is 9.37. The van der Waals surface area contributed by atoms with Crippen molar-refractivity contribution >= 4 is 11.6 Å². The van der Waals surface area contributed by atoms with Crippen LogP contribution in [-0.4, -0.2) is 4.98 Å². The Balaban J connectivity index is 2.50. The van der Waals surface area contributed by atoms with E-state index in [1.165, 1.54) is 6.39 Å². The highest BCUT2D eigenvalue weighted by Crippen LogP contribution is 2.23. The van der Waals surface area contributed by atoms with E-state index in [0.29, 0.717) is 10.8 Å². The highest BCUT2D eigenvalue weighted by atomic mass is 35.5. The average molecular weight is 205 g/mol. The molecule has 0 aliphatic carbocycles. The molecule has 0 atom stereocenters. The van der Waals surface area contributed by atoms with Crippen molar-refractivity contribution in [2.45, 2.75) is 0 Å². The second kappa shape index (κ2) is 3.52. The van der Waals surface area contributed by atoms with Gasteiger partial charge in [0.2, 0.25) is 0 Å². The van der Waals surface area contributed by atoms with Gasteiger partial charge in [-0.1, -0.05) is 11.6 Å². The summed E-state index contributed by atoms with van der Waals surface area (Å²) in [4.78, 5) is 3.77. The number of nitrogens with zero attached hydrogens (tertiary/aromatic N) is 2. The minimum absolute atomic E-state index is 0.285. The number of hydrogen-bond acceptors (Lipinski definition) is 3. The molecular formula is C10H5ClN2O. The number of oxazole rings is 1. The average Bonchev–Trinajstić information content (AvgIpc) is 2.67. The van der Waals surface area contributed by atoms with Gasteiger partial charge in [0, 0.05) is 10.6 Å². The fraction of sp³-hybridized carbons (Fsp3) is 0. The molecule has 2 aromatic rings. The maximum atomic E-state index is 8.72. The third kappa shape index (κ3) is 1.48. The van der Waals surface area contributed by atoms with Crippen LogP contribution in [0.3, 0.4) is 0 Å². The molecule has 68 valence electrons. The van der Waals surface area contributed by atoms with E-state index in [-0.39, 0.29) is 5.69 Å². The number of hydrogen-bond donors (Lipinski definition) is 0. The van der Waals surface area contributed by atoms with Crippen molar-refractivity contribution in [1.29, 1.82) is 5.26 Å². The van der Waals surface area contributed by atoms with Crippen molar-refractivity contribution in [1.82, 2.24) is 4.98 Å². The molecule has 14 heavy (non-hydrogen) atoms. The lowest BCUT2D eigenvalue weighted by molar-refractivity contribution is 0.572. The first-order valence-corrected chi connectivity index (χ1v) is 4.28. The molecule has 0 radical (unpaired) electrons. The fourth-order valence-corrected chi connectivity index (χ4v) is 1.26. The van der Waals surface area contributed by atoms with Crippen LogP contribution in [0.4, 0.5) is 0 Å². The number of benzene rings is 1. The maximum absolute atomic E-state index is 8.72. The van der Waals surface area contributed by atoms with Gasteiger partial charge in [-0.2, -0.15) is 5.26 Å². The molecule has 0 spiro atoms. The van der Waals surface area contributed by atoms with Crippen LogP contribution in [0, 0.1) is 11.3 Å². The third-order valence-corrected chi connectivity index (χ3v) is 2.03. The Morgan fingerprint density at radius 1 is 1.29 bits per heavy atom. The second-order valence-corrected chi connectivity index (χ2v) is 3.09. The van der Waals surface area contributed by atoms with E-state index in [4.69, 9.17) is 21.3 Å². The molecule has 3 nitrogen and oxygen atoms in total. The highest BCUT2D eigenvalue weighted by molar-refractivity contribution is 6.30. The van der Waals surface area contributed by atoms with Crippen LogP contribution in [-0.2, 0) is 0 Å². The second-order valence-electron chi connectivity index (χ2n) is 2.65. The Bertz CT molecular complexity index is 482. The van der Waals surface area contributed by atoms with E-state index >= 15 is 0 Å². The van der Waals surface area contributed by atoms with Crippen molar-refractivity contribution in [2.75, 3.05) is 0 Å². The maximum Gasteiger partial charge on any atom is 0.187 e. The summed E-state index contributed by atoms with van der Waals surface area (Å²) < 4.78 is 5.10. The van der Waals surface area contributed by atoms with Crippen LogP contribution in [0.2, 0.25) is 5.02 Å². The molecule has 0 saturated heterocycles. The molecule has 0 unspecified atom stereocenters. The van der Waals surface area contributed by atoms with Crippen LogP contribution in [0.1, 0.15) is 5.69 Å². The zero-order valence-corrected chi connectivity index (χ0v) is 7.82. The van der Waals surface area contributed by atoms with Crippen molar-refractivity contribution in [2.24, 2.45) is 0 Å². The summed E-state index contributed by atoms with van der Waals surface area (Å²) in [6.45, 7) is 0. The topological polar surface area (TPSA) is 49.8 Å². The minimum atomic E-state index is 0.285. The van der Waals surface area contributed by atoms with Gasteiger partial charge in [0.1, 0.15) is 6.07 Å². The summed E-state index contributed by atoms with van der Waals surface area (Å²) in [6, 6.07) is 8.99. The molecule has 0 aliphatic heterocycles. The van der Waals surface area contributed by atoms with Gasteiger partial charge in [0.05, 0.1) is 0 Å². The quantitative estimate of drug-likeness (QED) is 0.718. The van der Waals surface area contributed by atoms with Crippen LogP contribution in [0.25, 0.3) is 11.3 Å². The van der Waals surface area contributed by atoms with E-state index in [1.54, 1.807) is 24.3 Å². The first-order chi connectivity index (χ1) is 6.81. The van der Waals surface area contributed by atoms with Gasteiger partial charge in [0.15, 0.2) is 17.8 Å². The van der Waals surface area contributed by atoms with E-state index < -0.39 is 0 Å². The molecule has 0 bridgehead atoms. The molecule has 1 heterocycles. The molecule has 0 saturated carbocycles. The number of rotatable bonds is 1. The van der Waals surface area contributed by atoms with Gasteiger partial charge in [-0.05, 0) is 24.3 Å². The van der Waals surface area contributed by atoms with Gasteiger partial charge < -0.3 is 4.42 Å². The number of aromatic nitrogens is 1. The van der Waals surface area contributed by atoms with Crippen molar-refractivity contribution in [3.8, 4) is 17.4 Å². The molecule has 1 aromatic carbocycles. The Kier molecular flexibility index (Phi) is 2.21. The number of nitriles is 1. The number of halogens is 1. The van der Waals surface area contributed by atoms with Crippen LogP contribution in [0.15, 0.2) is 35.1 Å². The lowest BCUT2D eigenvalue weighted by atomic mass is 10.1. The fourth-order valence-electron chi connectivity index (χ4n) is 1.13. The smallest absolute Gasteiger partial charge is 0.187 e. The van der Waals surface area contributed by atoms with Crippen LogP contribution < -0.4 is 0 Å². The predicted octanol–water partition coefficient (Wildman–Crippen LogP) is 2.87. The molecular weight excluding hydrogens is 200 g/mol. The lowest BCUT2D eigenvalue weighted by Crippen LogP contribution is -1.79. The largest absolute Gasteiger partial charge is 0.442 e. The molecule has 0 fully saturated rings.